The molecule has 1 aliphatic rings. The largest absolute Gasteiger partial charge is 0.334 e. The second-order valence-electron chi connectivity index (χ2n) is 4.29. The van der Waals surface area contributed by atoms with Crippen molar-refractivity contribution in [1.82, 2.24) is 14.7 Å². The molecule has 1 aliphatic heterocycles. The van der Waals surface area contributed by atoms with Crippen LogP contribution in [0.15, 0.2) is 6.07 Å². The van der Waals surface area contributed by atoms with Gasteiger partial charge in [0.25, 0.3) is 5.91 Å². The van der Waals surface area contributed by atoms with Gasteiger partial charge in [0, 0.05) is 19.3 Å². The van der Waals surface area contributed by atoms with Crippen LogP contribution in [0.5, 0.6) is 0 Å². The SMILES string of the molecule is Cc1cc(C(=O)N2CCCC(F)C2)nn1C. The van der Waals surface area contributed by atoms with E-state index in [1.807, 2.05) is 6.92 Å². The van der Waals surface area contributed by atoms with Gasteiger partial charge in [0.05, 0.1) is 6.54 Å². The van der Waals surface area contributed by atoms with Gasteiger partial charge in [0.1, 0.15) is 6.17 Å². The van der Waals surface area contributed by atoms with Crippen LogP contribution in [0.25, 0.3) is 0 Å². The van der Waals surface area contributed by atoms with Crippen LogP contribution in [0, 0.1) is 6.92 Å². The fraction of sp³-hybridized carbons (Fsp3) is 0.636. The van der Waals surface area contributed by atoms with Gasteiger partial charge in [-0.25, -0.2) is 4.39 Å². The predicted octanol–water partition coefficient (Wildman–Crippen LogP) is 1.30. The second kappa shape index (κ2) is 4.23. The van der Waals surface area contributed by atoms with E-state index >= 15 is 0 Å². The summed E-state index contributed by atoms with van der Waals surface area (Å²) in [5.41, 5.74) is 1.34. The molecule has 0 aliphatic carbocycles. The molecule has 1 atom stereocenters. The van der Waals surface area contributed by atoms with Crippen LogP contribution < -0.4 is 0 Å². The zero-order chi connectivity index (χ0) is 11.7. The number of hydrogen-bond acceptors (Lipinski definition) is 2. The highest BCUT2D eigenvalue weighted by molar-refractivity contribution is 5.92. The molecular formula is C11H16FN3O. The molecular weight excluding hydrogens is 209 g/mol. The topological polar surface area (TPSA) is 38.1 Å². The maximum absolute atomic E-state index is 13.2. The van der Waals surface area contributed by atoms with Crippen LogP contribution in [0.3, 0.4) is 0 Å². The third kappa shape index (κ3) is 2.08. The third-order valence-electron chi connectivity index (χ3n) is 2.98. The molecule has 16 heavy (non-hydrogen) atoms. The van der Waals surface area contributed by atoms with Crippen LogP contribution in [-0.2, 0) is 7.05 Å². The molecule has 0 spiro atoms. The normalized spacial score (nSPS) is 21.2. The lowest BCUT2D eigenvalue weighted by Crippen LogP contribution is -2.40. The molecule has 1 amide bonds. The fourth-order valence-electron chi connectivity index (χ4n) is 1.94. The monoisotopic (exact) mass is 225 g/mol. The molecule has 2 rings (SSSR count). The van der Waals surface area contributed by atoms with Crippen molar-refractivity contribution in [2.45, 2.75) is 25.9 Å². The number of rotatable bonds is 1. The lowest BCUT2D eigenvalue weighted by Gasteiger charge is -2.28. The average molecular weight is 225 g/mol. The molecule has 2 heterocycles. The Balaban J connectivity index is 2.12. The number of hydrogen-bond donors (Lipinski definition) is 0. The van der Waals surface area contributed by atoms with Crippen molar-refractivity contribution < 1.29 is 9.18 Å². The van der Waals surface area contributed by atoms with Crippen LogP contribution in [0.2, 0.25) is 0 Å². The molecule has 0 saturated carbocycles. The second-order valence-corrected chi connectivity index (χ2v) is 4.29. The van der Waals surface area contributed by atoms with Gasteiger partial charge in [-0.15, -0.1) is 0 Å². The van der Waals surface area contributed by atoms with Crippen LogP contribution >= 0.6 is 0 Å². The molecule has 0 aromatic carbocycles. The minimum absolute atomic E-state index is 0.161. The summed E-state index contributed by atoms with van der Waals surface area (Å²) in [6.07, 6.45) is 0.409. The number of halogens is 1. The summed E-state index contributed by atoms with van der Waals surface area (Å²) in [4.78, 5) is 13.5. The summed E-state index contributed by atoms with van der Waals surface area (Å²) in [7, 11) is 1.79. The molecule has 1 unspecified atom stereocenters. The summed E-state index contributed by atoms with van der Waals surface area (Å²) >= 11 is 0. The van der Waals surface area contributed by atoms with Crippen molar-refractivity contribution in [3.63, 3.8) is 0 Å². The molecule has 1 fully saturated rings. The molecule has 88 valence electrons. The van der Waals surface area contributed by atoms with E-state index in [0.29, 0.717) is 18.7 Å². The van der Waals surface area contributed by atoms with E-state index in [9.17, 15) is 9.18 Å². The molecule has 0 radical (unpaired) electrons. The predicted molar refractivity (Wildman–Crippen MR) is 58.0 cm³/mol. The number of piperidine rings is 1. The van der Waals surface area contributed by atoms with E-state index in [4.69, 9.17) is 0 Å². The summed E-state index contributed by atoms with van der Waals surface area (Å²) in [5.74, 6) is -0.161. The number of aryl methyl sites for hydroxylation is 2. The van der Waals surface area contributed by atoms with Gasteiger partial charge in [0.2, 0.25) is 0 Å². The van der Waals surface area contributed by atoms with Gasteiger partial charge in [-0.2, -0.15) is 5.10 Å². The maximum atomic E-state index is 13.2. The average Bonchev–Trinajstić information content (AvgIpc) is 2.58. The Labute approximate surface area is 94.0 Å². The highest BCUT2D eigenvalue weighted by Crippen LogP contribution is 2.15. The molecule has 1 aromatic heterocycles. The molecule has 4 nitrogen and oxygen atoms in total. The van der Waals surface area contributed by atoms with Crippen LogP contribution in [0.4, 0.5) is 4.39 Å². The van der Waals surface area contributed by atoms with Crippen molar-refractivity contribution in [3.8, 4) is 0 Å². The Morgan fingerprint density at radius 3 is 2.94 bits per heavy atom. The first-order valence-corrected chi connectivity index (χ1v) is 5.52. The zero-order valence-corrected chi connectivity index (χ0v) is 9.61. The summed E-state index contributed by atoms with van der Waals surface area (Å²) in [6.45, 7) is 2.72. The Hall–Kier alpha value is -1.39. The number of nitrogens with zero attached hydrogens (tertiary/aromatic N) is 3. The van der Waals surface area contributed by atoms with E-state index in [0.717, 1.165) is 12.1 Å². The van der Waals surface area contributed by atoms with Crippen molar-refractivity contribution in [2.75, 3.05) is 13.1 Å². The van der Waals surface area contributed by atoms with E-state index in [-0.39, 0.29) is 12.5 Å². The highest BCUT2D eigenvalue weighted by Gasteiger charge is 2.25. The Morgan fingerprint density at radius 1 is 1.62 bits per heavy atom. The van der Waals surface area contributed by atoms with E-state index in [2.05, 4.69) is 5.10 Å². The fourth-order valence-corrected chi connectivity index (χ4v) is 1.94. The third-order valence-corrected chi connectivity index (χ3v) is 2.98. The van der Waals surface area contributed by atoms with Crippen molar-refractivity contribution in [1.29, 1.82) is 0 Å². The molecule has 5 heteroatoms. The first-order chi connectivity index (χ1) is 7.58. The molecule has 0 N–H and O–H groups in total. The summed E-state index contributed by atoms with van der Waals surface area (Å²) < 4.78 is 14.8. The molecule has 1 aromatic rings. The van der Waals surface area contributed by atoms with Crippen LogP contribution in [-0.4, -0.2) is 39.8 Å². The number of alkyl halides is 1. The van der Waals surface area contributed by atoms with Gasteiger partial charge in [-0.3, -0.25) is 9.48 Å². The van der Waals surface area contributed by atoms with Crippen LogP contribution in [0.1, 0.15) is 29.0 Å². The van der Waals surface area contributed by atoms with Gasteiger partial charge in [-0.05, 0) is 25.8 Å². The smallest absolute Gasteiger partial charge is 0.274 e. The quantitative estimate of drug-likeness (QED) is 0.722. The minimum atomic E-state index is -0.887. The van der Waals surface area contributed by atoms with E-state index in [1.165, 1.54) is 0 Å². The van der Waals surface area contributed by atoms with E-state index < -0.39 is 6.17 Å². The Kier molecular flexibility index (Phi) is 2.94. The minimum Gasteiger partial charge on any atom is -0.334 e. The summed E-state index contributed by atoms with van der Waals surface area (Å²) in [5, 5.41) is 4.11. The molecule has 1 saturated heterocycles. The van der Waals surface area contributed by atoms with Crippen molar-refractivity contribution in [3.05, 3.63) is 17.5 Å². The van der Waals surface area contributed by atoms with Crippen molar-refractivity contribution >= 4 is 5.91 Å². The first-order valence-electron chi connectivity index (χ1n) is 5.52. The number of amides is 1. The standard InChI is InChI=1S/C11H16FN3O/c1-8-6-10(13-14(8)2)11(16)15-5-3-4-9(12)7-15/h6,9H,3-5,7H2,1-2H3. The van der Waals surface area contributed by atoms with E-state index in [1.54, 1.807) is 22.7 Å². The van der Waals surface area contributed by atoms with Gasteiger partial charge < -0.3 is 4.90 Å². The lowest BCUT2D eigenvalue weighted by atomic mass is 10.1. The number of aromatic nitrogens is 2. The number of likely N-dealkylation sites (tertiary alicyclic amines) is 1. The Bertz CT molecular complexity index is 382. The van der Waals surface area contributed by atoms with Gasteiger partial charge in [-0.1, -0.05) is 0 Å². The zero-order valence-electron chi connectivity index (χ0n) is 9.61. The highest BCUT2D eigenvalue weighted by atomic mass is 19.1. The number of carbonyl (C=O) groups excluding carboxylic acids is 1. The summed E-state index contributed by atoms with van der Waals surface area (Å²) in [6, 6.07) is 1.74. The Morgan fingerprint density at radius 2 is 2.38 bits per heavy atom. The maximum Gasteiger partial charge on any atom is 0.274 e. The molecule has 0 bridgehead atoms. The van der Waals surface area contributed by atoms with Gasteiger partial charge >= 0.3 is 0 Å². The number of carbonyl (C=O) groups is 1. The first kappa shape index (κ1) is 11.1. The van der Waals surface area contributed by atoms with Crippen molar-refractivity contribution in [2.24, 2.45) is 7.05 Å². The van der Waals surface area contributed by atoms with Gasteiger partial charge in [0.15, 0.2) is 5.69 Å². The lowest BCUT2D eigenvalue weighted by molar-refractivity contribution is 0.0629.